The molecule has 2 aromatic rings. The van der Waals surface area contributed by atoms with Crippen LogP contribution in [-0.2, 0) is 5.54 Å². The van der Waals surface area contributed by atoms with Crippen molar-refractivity contribution in [1.82, 2.24) is 0 Å². The van der Waals surface area contributed by atoms with E-state index in [2.05, 4.69) is 15.9 Å². The van der Waals surface area contributed by atoms with Gasteiger partial charge in [-0.15, -0.1) is 0 Å². The van der Waals surface area contributed by atoms with Crippen molar-refractivity contribution in [3.63, 3.8) is 0 Å². The molecule has 0 radical (unpaired) electrons. The van der Waals surface area contributed by atoms with E-state index in [4.69, 9.17) is 17.3 Å². The van der Waals surface area contributed by atoms with E-state index in [9.17, 15) is 8.78 Å². The Morgan fingerprint density at radius 3 is 2.45 bits per heavy atom. The Morgan fingerprint density at radius 1 is 1.20 bits per heavy atom. The summed E-state index contributed by atoms with van der Waals surface area (Å²) >= 11 is 9.44. The molecule has 20 heavy (non-hydrogen) atoms. The summed E-state index contributed by atoms with van der Waals surface area (Å²) in [6.45, 7) is 3.11. The van der Waals surface area contributed by atoms with Crippen LogP contribution >= 0.6 is 27.5 Å². The summed E-state index contributed by atoms with van der Waals surface area (Å²) in [7, 11) is 0. The van der Waals surface area contributed by atoms with Crippen molar-refractivity contribution >= 4 is 27.5 Å². The van der Waals surface area contributed by atoms with E-state index in [0.29, 0.717) is 16.1 Å². The lowest BCUT2D eigenvalue weighted by Gasteiger charge is -2.28. The number of aryl methyl sites for hydroxylation is 1. The Morgan fingerprint density at radius 2 is 1.85 bits per heavy atom. The zero-order chi connectivity index (χ0) is 15.1. The van der Waals surface area contributed by atoms with Gasteiger partial charge >= 0.3 is 0 Å². The van der Waals surface area contributed by atoms with Gasteiger partial charge in [0.1, 0.15) is 11.6 Å². The van der Waals surface area contributed by atoms with Crippen LogP contribution in [0, 0.1) is 18.6 Å². The Bertz CT molecular complexity index is 671. The van der Waals surface area contributed by atoms with Gasteiger partial charge in [-0.3, -0.25) is 0 Å². The van der Waals surface area contributed by atoms with E-state index in [1.807, 2.05) is 0 Å². The van der Waals surface area contributed by atoms with Crippen molar-refractivity contribution in [1.29, 1.82) is 0 Å². The molecule has 0 aliphatic carbocycles. The maximum absolute atomic E-state index is 14.3. The van der Waals surface area contributed by atoms with Gasteiger partial charge < -0.3 is 5.73 Å². The van der Waals surface area contributed by atoms with E-state index < -0.39 is 17.2 Å². The summed E-state index contributed by atoms with van der Waals surface area (Å²) in [5, 5.41) is 0.352. The number of hydrogen-bond donors (Lipinski definition) is 1. The third kappa shape index (κ3) is 2.60. The number of halogens is 4. The average molecular weight is 361 g/mol. The highest BCUT2D eigenvalue weighted by Gasteiger charge is 2.32. The van der Waals surface area contributed by atoms with Gasteiger partial charge in [0.2, 0.25) is 0 Å². The van der Waals surface area contributed by atoms with Crippen LogP contribution in [0.4, 0.5) is 8.78 Å². The smallest absolute Gasteiger partial charge is 0.134 e. The van der Waals surface area contributed by atoms with Crippen LogP contribution in [0.25, 0.3) is 0 Å². The second-order valence-electron chi connectivity index (χ2n) is 4.88. The van der Waals surface area contributed by atoms with Crippen molar-refractivity contribution in [2.75, 3.05) is 0 Å². The molecule has 0 saturated carbocycles. The number of rotatable bonds is 2. The summed E-state index contributed by atoms with van der Waals surface area (Å²) in [5.41, 5.74) is 5.46. The van der Waals surface area contributed by atoms with Gasteiger partial charge in [0.05, 0.1) is 5.54 Å². The molecule has 0 aromatic heterocycles. The molecule has 0 amide bonds. The largest absolute Gasteiger partial charge is 0.318 e. The van der Waals surface area contributed by atoms with Crippen LogP contribution in [0.1, 0.15) is 23.6 Å². The van der Waals surface area contributed by atoms with Crippen LogP contribution in [0.3, 0.4) is 0 Å². The third-order valence-corrected chi connectivity index (χ3v) is 4.10. The van der Waals surface area contributed by atoms with Crippen molar-refractivity contribution in [2.24, 2.45) is 5.73 Å². The molecule has 2 N–H and O–H groups in total. The van der Waals surface area contributed by atoms with Gasteiger partial charge in [-0.25, -0.2) is 8.78 Å². The van der Waals surface area contributed by atoms with E-state index in [-0.39, 0.29) is 5.56 Å². The molecule has 0 heterocycles. The quantitative estimate of drug-likeness (QED) is 0.809. The van der Waals surface area contributed by atoms with Crippen molar-refractivity contribution in [3.8, 4) is 0 Å². The van der Waals surface area contributed by atoms with Crippen molar-refractivity contribution in [3.05, 3.63) is 68.2 Å². The topological polar surface area (TPSA) is 26.0 Å². The minimum absolute atomic E-state index is 0.179. The minimum atomic E-state index is -1.36. The molecule has 0 aliphatic rings. The molecule has 106 valence electrons. The fraction of sp³-hybridized carbons (Fsp3) is 0.200. The van der Waals surface area contributed by atoms with Crippen LogP contribution in [0.2, 0.25) is 5.02 Å². The first-order valence-electron chi connectivity index (χ1n) is 5.94. The second kappa shape index (κ2) is 5.43. The van der Waals surface area contributed by atoms with Crippen LogP contribution < -0.4 is 5.73 Å². The highest BCUT2D eigenvalue weighted by atomic mass is 79.9. The molecule has 1 unspecified atom stereocenters. The van der Waals surface area contributed by atoms with Gasteiger partial charge in [-0.1, -0.05) is 39.7 Å². The molecule has 2 rings (SSSR count). The molecular weight excluding hydrogens is 348 g/mol. The first-order chi connectivity index (χ1) is 9.25. The summed E-state index contributed by atoms with van der Waals surface area (Å²) in [6.07, 6.45) is 0. The fourth-order valence-electron chi connectivity index (χ4n) is 2.18. The highest BCUT2D eigenvalue weighted by molar-refractivity contribution is 9.10. The number of nitrogens with two attached hydrogens (primary N) is 1. The van der Waals surface area contributed by atoms with Crippen molar-refractivity contribution < 1.29 is 8.78 Å². The molecule has 0 fully saturated rings. The Balaban J connectivity index is 2.69. The Kier molecular flexibility index (Phi) is 4.19. The SMILES string of the molecule is Cc1ccc(F)c(C(C)(N)c2ccc(Br)cc2Cl)c1F. The molecule has 1 nitrogen and oxygen atoms in total. The standard InChI is InChI=1S/C15H13BrClF2N/c1-8-3-6-12(18)13(14(8)19)15(2,20)10-5-4-9(16)7-11(10)17/h3-7H,20H2,1-2H3. The normalized spacial score (nSPS) is 14.2. The number of hydrogen-bond acceptors (Lipinski definition) is 1. The van der Waals surface area contributed by atoms with Gasteiger partial charge in [-0.2, -0.15) is 0 Å². The molecule has 2 aromatic carbocycles. The lowest BCUT2D eigenvalue weighted by Crippen LogP contribution is -2.37. The minimum Gasteiger partial charge on any atom is -0.318 e. The van der Waals surface area contributed by atoms with Crippen molar-refractivity contribution in [2.45, 2.75) is 19.4 Å². The van der Waals surface area contributed by atoms with E-state index in [0.717, 1.165) is 4.47 Å². The first kappa shape index (κ1) is 15.4. The zero-order valence-corrected chi connectivity index (χ0v) is 13.3. The van der Waals surface area contributed by atoms with E-state index in [1.165, 1.54) is 12.1 Å². The first-order valence-corrected chi connectivity index (χ1v) is 7.11. The molecule has 0 spiro atoms. The van der Waals surface area contributed by atoms with Crippen LogP contribution in [0.15, 0.2) is 34.8 Å². The monoisotopic (exact) mass is 359 g/mol. The molecule has 0 aliphatic heterocycles. The second-order valence-corrected chi connectivity index (χ2v) is 6.20. The highest BCUT2D eigenvalue weighted by Crippen LogP contribution is 2.36. The molecule has 0 saturated heterocycles. The summed E-state index contributed by atoms with van der Waals surface area (Å²) in [6, 6.07) is 7.64. The van der Waals surface area contributed by atoms with Crippen LogP contribution in [-0.4, -0.2) is 0 Å². The van der Waals surface area contributed by atoms with E-state index >= 15 is 0 Å². The summed E-state index contributed by atoms with van der Waals surface area (Å²) in [4.78, 5) is 0. The molecule has 1 atom stereocenters. The molecule has 0 bridgehead atoms. The predicted molar refractivity (Wildman–Crippen MR) is 80.9 cm³/mol. The lowest BCUT2D eigenvalue weighted by molar-refractivity contribution is 0.479. The zero-order valence-electron chi connectivity index (χ0n) is 11.0. The summed E-state index contributed by atoms with van der Waals surface area (Å²) < 4.78 is 29.1. The maximum atomic E-state index is 14.3. The average Bonchev–Trinajstić information content (AvgIpc) is 2.33. The number of benzene rings is 2. The Hall–Kier alpha value is -0.970. The third-order valence-electron chi connectivity index (χ3n) is 3.29. The summed E-state index contributed by atoms with van der Waals surface area (Å²) in [5.74, 6) is -1.33. The van der Waals surface area contributed by atoms with Gasteiger partial charge in [0, 0.05) is 15.1 Å². The van der Waals surface area contributed by atoms with Gasteiger partial charge in [-0.05, 0) is 43.2 Å². The molecular formula is C15H13BrClF2N. The molecule has 5 heteroatoms. The van der Waals surface area contributed by atoms with Gasteiger partial charge in [0.15, 0.2) is 0 Å². The predicted octanol–water partition coefficient (Wildman–Crippen LogP) is 4.91. The van der Waals surface area contributed by atoms with E-state index in [1.54, 1.807) is 32.0 Å². The van der Waals surface area contributed by atoms with Crippen LogP contribution in [0.5, 0.6) is 0 Å². The van der Waals surface area contributed by atoms with Gasteiger partial charge in [0.25, 0.3) is 0 Å². The fourth-order valence-corrected chi connectivity index (χ4v) is 3.05. The maximum Gasteiger partial charge on any atom is 0.134 e. The Labute approximate surface area is 129 Å². The lowest BCUT2D eigenvalue weighted by atomic mass is 9.84.